The number of ether oxygens (including phenoxy) is 2. The van der Waals surface area contributed by atoms with Crippen LogP contribution in [-0.2, 0) is 19.1 Å². The number of quaternary nitrogens is 1. The lowest BCUT2D eigenvalue weighted by molar-refractivity contribution is -0.368. The first kappa shape index (κ1) is 23.5. The number of carbonyl (C=O) groups is 2. The number of carboxylic acid groups (broad SMARTS) is 1. The molecule has 0 aromatic rings. The minimum absolute atomic E-state index is 0.208. The van der Waals surface area contributed by atoms with Crippen LogP contribution < -0.4 is 10.8 Å². The Balaban J connectivity index is 0.000000697. The van der Waals surface area contributed by atoms with Gasteiger partial charge in [-0.15, -0.1) is 0 Å². The topological polar surface area (TPSA) is 184 Å². The maximum atomic E-state index is 11.2. The van der Waals surface area contributed by atoms with Crippen LogP contribution in [0.1, 0.15) is 12.8 Å². The highest BCUT2D eigenvalue weighted by molar-refractivity contribution is 5.70. The number of aliphatic hydroxyl groups excluding tert-OH is 4. The molecule has 0 spiro atoms. The highest BCUT2D eigenvalue weighted by Gasteiger charge is 2.43. The van der Waals surface area contributed by atoms with Crippen LogP contribution in [0.3, 0.4) is 0 Å². The van der Waals surface area contributed by atoms with Crippen LogP contribution in [0.2, 0.25) is 0 Å². The van der Waals surface area contributed by atoms with E-state index in [2.05, 4.69) is 5.73 Å². The molecule has 5 atom stereocenters. The number of carbonyl (C=O) groups excluding carboxylic acids is 2. The van der Waals surface area contributed by atoms with E-state index in [1.807, 2.05) is 0 Å². The molecule has 1 rings (SSSR count). The van der Waals surface area contributed by atoms with Gasteiger partial charge in [0.2, 0.25) is 0 Å². The van der Waals surface area contributed by atoms with Gasteiger partial charge in [-0.3, -0.25) is 4.79 Å². The lowest BCUT2D eigenvalue weighted by atomic mass is 9.99. The zero-order valence-corrected chi connectivity index (χ0v) is 12.9. The van der Waals surface area contributed by atoms with Crippen LogP contribution >= 0.6 is 0 Å². The summed E-state index contributed by atoms with van der Waals surface area (Å²) in [6.45, 7) is 0.319. The van der Waals surface area contributed by atoms with Gasteiger partial charge in [0.25, 0.3) is 0 Å². The number of aliphatic hydroxyl groups is 4. The summed E-state index contributed by atoms with van der Waals surface area (Å²) in [6.07, 6.45) is -11.6. The molecule has 7 N–H and O–H groups in total. The average Bonchev–Trinajstić information content (AvgIpc) is 2.52. The minimum atomic E-state index is -5.19. The summed E-state index contributed by atoms with van der Waals surface area (Å²) in [7, 11) is 0. The van der Waals surface area contributed by atoms with Crippen molar-refractivity contribution in [2.45, 2.75) is 49.7 Å². The smallest absolute Gasteiger partial charge is 0.430 e. The quantitative estimate of drug-likeness (QED) is 0.295. The van der Waals surface area contributed by atoms with E-state index in [0.717, 1.165) is 0 Å². The van der Waals surface area contributed by atoms with Gasteiger partial charge in [-0.1, -0.05) is 0 Å². The Hall–Kier alpha value is -1.51. The summed E-state index contributed by atoms with van der Waals surface area (Å²) in [6, 6.07) is 0. The van der Waals surface area contributed by atoms with Crippen molar-refractivity contribution in [1.29, 1.82) is 0 Å². The molecule has 1 unspecified atom stereocenters. The largest absolute Gasteiger partial charge is 0.542 e. The molecule has 0 saturated carbocycles. The van der Waals surface area contributed by atoms with Crippen molar-refractivity contribution in [1.82, 2.24) is 0 Å². The monoisotopic (exact) mass is 379 g/mol. The van der Waals surface area contributed by atoms with E-state index in [1.54, 1.807) is 0 Å². The fourth-order valence-electron chi connectivity index (χ4n) is 1.59. The number of hydrogen-bond donors (Lipinski definition) is 5. The van der Waals surface area contributed by atoms with Gasteiger partial charge in [0.1, 0.15) is 37.0 Å². The molecule has 0 aromatic carbocycles. The van der Waals surface area contributed by atoms with Crippen molar-refractivity contribution in [2.75, 3.05) is 13.2 Å². The van der Waals surface area contributed by atoms with Crippen LogP contribution in [0.25, 0.3) is 0 Å². The first-order valence-corrected chi connectivity index (χ1v) is 7.02. The van der Waals surface area contributed by atoms with E-state index in [9.17, 15) is 38.4 Å². The minimum Gasteiger partial charge on any atom is -0.542 e. The van der Waals surface area contributed by atoms with Gasteiger partial charge in [-0.25, -0.2) is 0 Å². The third-order valence-corrected chi connectivity index (χ3v) is 2.96. The van der Waals surface area contributed by atoms with Crippen LogP contribution in [0.5, 0.6) is 0 Å². The highest BCUT2D eigenvalue weighted by Crippen LogP contribution is 2.20. The van der Waals surface area contributed by atoms with Crippen molar-refractivity contribution in [3.05, 3.63) is 0 Å². The molecule has 0 aromatic heterocycles. The Morgan fingerprint density at radius 1 is 1.12 bits per heavy atom. The lowest BCUT2D eigenvalue weighted by Gasteiger charge is -2.37. The van der Waals surface area contributed by atoms with Crippen molar-refractivity contribution in [3.63, 3.8) is 0 Å². The Morgan fingerprint density at radius 3 is 2.08 bits per heavy atom. The molecule has 13 heteroatoms. The van der Waals surface area contributed by atoms with Crippen LogP contribution in [0.15, 0.2) is 0 Å². The third-order valence-electron chi connectivity index (χ3n) is 2.96. The Bertz CT molecular complexity index is 435. The van der Waals surface area contributed by atoms with Gasteiger partial charge < -0.3 is 45.5 Å². The summed E-state index contributed by atoms with van der Waals surface area (Å²) in [5, 5.41) is 46.2. The van der Waals surface area contributed by atoms with Gasteiger partial charge in [0.05, 0.1) is 13.0 Å². The average molecular weight is 379 g/mol. The van der Waals surface area contributed by atoms with E-state index in [1.165, 1.54) is 0 Å². The molecular weight excluding hydrogens is 359 g/mol. The molecule has 0 amide bonds. The second kappa shape index (κ2) is 10.5. The molecule has 10 nitrogen and oxygen atoms in total. The molecule has 1 aliphatic heterocycles. The van der Waals surface area contributed by atoms with Crippen molar-refractivity contribution in [3.8, 4) is 0 Å². The van der Waals surface area contributed by atoms with E-state index in [0.29, 0.717) is 13.0 Å². The van der Waals surface area contributed by atoms with E-state index >= 15 is 0 Å². The van der Waals surface area contributed by atoms with Crippen molar-refractivity contribution in [2.24, 2.45) is 0 Å². The predicted molar refractivity (Wildman–Crippen MR) is 67.9 cm³/mol. The van der Waals surface area contributed by atoms with Gasteiger partial charge in [-0.2, -0.15) is 13.2 Å². The molecule has 0 radical (unpaired) electrons. The molecule has 0 bridgehead atoms. The van der Waals surface area contributed by atoms with Gasteiger partial charge in [-0.05, 0) is 0 Å². The molecule has 1 aliphatic rings. The SMILES string of the molecule is O=C([O-])C(F)(F)F.[NH3+]CCCC(=O)OC[C@H]1OC(O)[C@H](O)[C@@H](O)[C@@H]1O. The molecule has 1 fully saturated rings. The standard InChI is InChI=1S/C10H19NO7.C2HF3O2/c11-3-1-2-6(12)17-4-5-7(13)8(14)9(15)10(16)18-5;3-2(4,5)1(6)7/h5,7-10,13-16H,1-4,11H2;(H,6,7)/t5-,7-,8+,9-,10?;/m1./s1. The molecule has 1 heterocycles. The maximum Gasteiger partial charge on any atom is 0.430 e. The molecular formula is C12H20F3NO9. The fraction of sp³-hybridized carbons (Fsp3) is 0.833. The summed E-state index contributed by atoms with van der Waals surface area (Å²) in [5.41, 5.74) is 3.58. The number of halogens is 3. The molecule has 1 saturated heterocycles. The van der Waals surface area contributed by atoms with Gasteiger partial charge in [0, 0.05) is 6.42 Å². The predicted octanol–water partition coefficient (Wildman–Crippen LogP) is -4.35. The molecule has 148 valence electrons. The summed E-state index contributed by atoms with van der Waals surface area (Å²) in [5.74, 6) is -3.47. The number of rotatable bonds is 5. The number of aliphatic carboxylic acids is 1. The van der Waals surface area contributed by atoms with Crippen LogP contribution in [0, 0.1) is 0 Å². The summed E-state index contributed by atoms with van der Waals surface area (Å²) in [4.78, 5) is 20.0. The fourth-order valence-corrected chi connectivity index (χ4v) is 1.59. The summed E-state index contributed by atoms with van der Waals surface area (Å²) < 4.78 is 41.2. The van der Waals surface area contributed by atoms with Gasteiger partial charge in [0.15, 0.2) is 6.29 Å². The normalized spacial score (nSPS) is 29.4. The highest BCUT2D eigenvalue weighted by atomic mass is 19.4. The first-order valence-electron chi connectivity index (χ1n) is 7.02. The van der Waals surface area contributed by atoms with Crippen molar-refractivity contribution >= 4 is 11.9 Å². The van der Waals surface area contributed by atoms with E-state index < -0.39 is 48.8 Å². The summed E-state index contributed by atoms with van der Waals surface area (Å²) >= 11 is 0. The Morgan fingerprint density at radius 2 is 1.64 bits per heavy atom. The molecule has 25 heavy (non-hydrogen) atoms. The first-order chi connectivity index (χ1) is 11.4. The Kier molecular flexibility index (Phi) is 9.84. The van der Waals surface area contributed by atoms with Crippen LogP contribution in [-0.4, -0.2) is 82.4 Å². The number of esters is 1. The van der Waals surface area contributed by atoms with Crippen LogP contribution in [0.4, 0.5) is 13.2 Å². The second-order valence-electron chi connectivity index (χ2n) is 4.96. The van der Waals surface area contributed by atoms with Crippen molar-refractivity contribution < 1.29 is 63.5 Å². The van der Waals surface area contributed by atoms with E-state index in [4.69, 9.17) is 19.4 Å². The maximum absolute atomic E-state index is 11.2. The lowest BCUT2D eigenvalue weighted by Crippen LogP contribution is -2.58. The Labute approximate surface area is 139 Å². The number of alkyl halides is 3. The third kappa shape index (κ3) is 8.42. The zero-order valence-electron chi connectivity index (χ0n) is 12.9. The number of carboxylic acids is 1. The molecule has 0 aliphatic carbocycles. The van der Waals surface area contributed by atoms with Gasteiger partial charge >= 0.3 is 12.1 Å². The zero-order chi connectivity index (χ0) is 19.8. The second-order valence-corrected chi connectivity index (χ2v) is 4.96. The number of hydrogen-bond acceptors (Lipinski definition) is 9. The van der Waals surface area contributed by atoms with E-state index in [-0.39, 0.29) is 13.0 Å².